The van der Waals surface area contributed by atoms with Gasteiger partial charge in [0, 0.05) is 24.2 Å². The molecular weight excluding hydrogens is 355 g/mol. The van der Waals surface area contributed by atoms with E-state index >= 15 is 0 Å². The van der Waals surface area contributed by atoms with Crippen molar-refractivity contribution < 1.29 is 22.7 Å². The standard InChI is InChI=1S/C18H19ClF3NO2/c1-3-6-25-14-8-12(7-13(10-14)18(20,21)22)16-15(23-2)9-11(4-5-19)17(16)24/h4-5,7-8,10-11,16H,3,6,9H2,1-2H3. The summed E-state index contributed by atoms with van der Waals surface area (Å²) >= 11 is 5.56. The first-order valence-corrected chi connectivity index (χ1v) is 8.36. The molecule has 2 unspecified atom stereocenters. The molecule has 136 valence electrons. The van der Waals surface area contributed by atoms with E-state index < -0.39 is 23.6 Å². The van der Waals surface area contributed by atoms with Crippen molar-refractivity contribution in [3.63, 3.8) is 0 Å². The Morgan fingerprint density at radius 2 is 2.08 bits per heavy atom. The number of ether oxygens (including phenoxy) is 1. The molecule has 0 aliphatic heterocycles. The Labute approximate surface area is 149 Å². The second-order valence-electron chi connectivity index (χ2n) is 5.82. The lowest BCUT2D eigenvalue weighted by Gasteiger charge is -2.16. The smallest absolute Gasteiger partial charge is 0.416 e. The molecular formula is C18H19ClF3NO2. The Morgan fingerprint density at radius 1 is 1.36 bits per heavy atom. The highest BCUT2D eigenvalue weighted by Gasteiger charge is 2.40. The average molecular weight is 374 g/mol. The number of hydrogen-bond donors (Lipinski definition) is 0. The van der Waals surface area contributed by atoms with E-state index in [0.29, 0.717) is 25.2 Å². The first-order valence-electron chi connectivity index (χ1n) is 7.93. The Morgan fingerprint density at radius 3 is 2.64 bits per heavy atom. The fourth-order valence-electron chi connectivity index (χ4n) is 2.91. The molecule has 0 radical (unpaired) electrons. The van der Waals surface area contributed by atoms with Crippen LogP contribution in [0.15, 0.2) is 34.8 Å². The van der Waals surface area contributed by atoms with Crippen molar-refractivity contribution in [2.75, 3.05) is 13.7 Å². The SMILES string of the molecule is CCCOc1cc(C2C(=O)C(C=CCl)CC2=NC)cc(C(F)(F)F)c1. The molecule has 0 N–H and O–H groups in total. The normalized spacial score (nSPS) is 23.0. The molecule has 0 amide bonds. The number of aliphatic imine (C=N–C) groups is 1. The van der Waals surface area contributed by atoms with Crippen LogP contribution in [0.5, 0.6) is 5.75 Å². The van der Waals surface area contributed by atoms with E-state index in [9.17, 15) is 18.0 Å². The van der Waals surface area contributed by atoms with E-state index in [0.717, 1.165) is 12.1 Å². The predicted molar refractivity (Wildman–Crippen MR) is 91.4 cm³/mol. The summed E-state index contributed by atoms with van der Waals surface area (Å²) in [4.78, 5) is 16.7. The van der Waals surface area contributed by atoms with Gasteiger partial charge in [0.1, 0.15) is 5.75 Å². The molecule has 0 aromatic heterocycles. The van der Waals surface area contributed by atoms with Crippen LogP contribution < -0.4 is 4.74 Å². The first kappa shape index (κ1) is 19.5. The second-order valence-corrected chi connectivity index (χ2v) is 6.07. The highest BCUT2D eigenvalue weighted by molar-refractivity contribution is 6.26. The molecule has 0 saturated heterocycles. The third-order valence-electron chi connectivity index (χ3n) is 4.07. The molecule has 0 spiro atoms. The van der Waals surface area contributed by atoms with Crippen LogP contribution in [0.2, 0.25) is 0 Å². The summed E-state index contributed by atoms with van der Waals surface area (Å²) < 4.78 is 45.1. The van der Waals surface area contributed by atoms with E-state index in [1.807, 2.05) is 6.92 Å². The maximum Gasteiger partial charge on any atom is 0.416 e. The molecule has 0 heterocycles. The van der Waals surface area contributed by atoms with E-state index in [2.05, 4.69) is 4.99 Å². The molecule has 1 aromatic rings. The van der Waals surface area contributed by atoms with E-state index in [1.54, 1.807) is 0 Å². The molecule has 1 aliphatic carbocycles. The van der Waals surface area contributed by atoms with Crippen LogP contribution >= 0.6 is 11.6 Å². The zero-order valence-corrected chi connectivity index (χ0v) is 14.7. The summed E-state index contributed by atoms with van der Waals surface area (Å²) in [5, 5.41) is 0. The Balaban J connectivity index is 2.50. The number of carbonyl (C=O) groups is 1. The van der Waals surface area contributed by atoms with Gasteiger partial charge in [0.15, 0.2) is 5.78 Å². The quantitative estimate of drug-likeness (QED) is 0.729. The van der Waals surface area contributed by atoms with Crippen LogP contribution in [0.4, 0.5) is 13.2 Å². The molecule has 25 heavy (non-hydrogen) atoms. The van der Waals surface area contributed by atoms with Gasteiger partial charge >= 0.3 is 6.18 Å². The largest absolute Gasteiger partial charge is 0.494 e. The number of benzene rings is 1. The van der Waals surface area contributed by atoms with Gasteiger partial charge in [-0.2, -0.15) is 13.2 Å². The monoisotopic (exact) mass is 373 g/mol. The third kappa shape index (κ3) is 4.42. The van der Waals surface area contributed by atoms with Gasteiger partial charge in [-0.3, -0.25) is 9.79 Å². The van der Waals surface area contributed by atoms with Crippen LogP contribution in [0.25, 0.3) is 0 Å². The van der Waals surface area contributed by atoms with Crippen molar-refractivity contribution in [3.05, 3.63) is 40.9 Å². The molecule has 2 atom stereocenters. The van der Waals surface area contributed by atoms with Gasteiger partial charge < -0.3 is 4.74 Å². The molecule has 1 fully saturated rings. The van der Waals surface area contributed by atoms with Crippen molar-refractivity contribution >= 4 is 23.1 Å². The fourth-order valence-corrected chi connectivity index (χ4v) is 3.08. The van der Waals surface area contributed by atoms with Gasteiger partial charge in [-0.15, -0.1) is 0 Å². The van der Waals surface area contributed by atoms with Gasteiger partial charge in [-0.05, 0) is 36.6 Å². The molecule has 7 heteroatoms. The van der Waals surface area contributed by atoms with E-state index in [-0.39, 0.29) is 17.1 Å². The van der Waals surface area contributed by atoms with Gasteiger partial charge in [-0.1, -0.05) is 24.6 Å². The van der Waals surface area contributed by atoms with Gasteiger partial charge in [0.2, 0.25) is 0 Å². The number of alkyl halides is 3. The lowest BCUT2D eigenvalue weighted by Crippen LogP contribution is -2.16. The van der Waals surface area contributed by atoms with E-state index in [4.69, 9.17) is 16.3 Å². The molecule has 1 aliphatic rings. The van der Waals surface area contributed by atoms with Gasteiger partial charge in [0.25, 0.3) is 0 Å². The summed E-state index contributed by atoms with van der Waals surface area (Å²) in [5.41, 5.74) is 1.21. The van der Waals surface area contributed by atoms with Crippen molar-refractivity contribution in [2.45, 2.75) is 31.9 Å². The lowest BCUT2D eigenvalue weighted by molar-refractivity contribution is -0.137. The van der Waals surface area contributed by atoms with Crippen LogP contribution in [0.1, 0.15) is 36.8 Å². The maximum atomic E-state index is 13.2. The molecule has 3 nitrogen and oxygen atoms in total. The fraction of sp³-hybridized carbons (Fsp3) is 0.444. The number of hydrogen-bond acceptors (Lipinski definition) is 3. The number of nitrogens with zero attached hydrogens (tertiary/aromatic N) is 1. The highest BCUT2D eigenvalue weighted by Crippen LogP contribution is 2.39. The van der Waals surface area contributed by atoms with Crippen LogP contribution in [-0.4, -0.2) is 25.1 Å². The Kier molecular flexibility index (Phi) is 6.27. The minimum Gasteiger partial charge on any atom is -0.494 e. The number of rotatable bonds is 5. The van der Waals surface area contributed by atoms with Crippen LogP contribution in [-0.2, 0) is 11.0 Å². The highest BCUT2D eigenvalue weighted by atomic mass is 35.5. The topological polar surface area (TPSA) is 38.7 Å². The number of ketones is 1. The summed E-state index contributed by atoms with van der Waals surface area (Å²) in [7, 11) is 1.53. The summed E-state index contributed by atoms with van der Waals surface area (Å²) in [5.74, 6) is -1.39. The molecule has 2 rings (SSSR count). The summed E-state index contributed by atoms with van der Waals surface area (Å²) in [6, 6.07) is 3.45. The van der Waals surface area contributed by atoms with E-state index in [1.165, 1.54) is 24.7 Å². The van der Waals surface area contributed by atoms with Gasteiger partial charge in [-0.25, -0.2) is 0 Å². The summed E-state index contributed by atoms with van der Waals surface area (Å²) in [6.07, 6.45) is -1.97. The average Bonchev–Trinajstić information content (AvgIpc) is 2.88. The minimum absolute atomic E-state index is 0.103. The molecule has 1 aromatic carbocycles. The van der Waals surface area contributed by atoms with Crippen molar-refractivity contribution in [1.29, 1.82) is 0 Å². The number of allylic oxidation sites excluding steroid dienone is 1. The Hall–Kier alpha value is -1.82. The van der Waals surface area contributed by atoms with Crippen molar-refractivity contribution in [1.82, 2.24) is 0 Å². The summed E-state index contributed by atoms with van der Waals surface area (Å²) in [6.45, 7) is 2.16. The number of halogens is 4. The molecule has 1 saturated carbocycles. The number of carbonyl (C=O) groups excluding carboxylic acids is 1. The maximum absolute atomic E-state index is 13.2. The first-order chi connectivity index (χ1) is 11.8. The van der Waals surface area contributed by atoms with Crippen molar-refractivity contribution in [3.8, 4) is 5.75 Å². The van der Waals surface area contributed by atoms with Crippen LogP contribution in [0, 0.1) is 5.92 Å². The van der Waals surface area contributed by atoms with Crippen LogP contribution in [0.3, 0.4) is 0 Å². The zero-order chi connectivity index (χ0) is 18.6. The minimum atomic E-state index is -4.53. The predicted octanol–water partition coefficient (Wildman–Crippen LogP) is 4.99. The Bertz CT molecular complexity index is 698. The molecule has 0 bridgehead atoms. The number of Topliss-reactive ketones (excluding diaryl/α,β-unsaturated/α-hetero) is 1. The lowest BCUT2D eigenvalue weighted by atomic mass is 9.92. The second kappa shape index (κ2) is 8.04. The van der Waals surface area contributed by atoms with Gasteiger partial charge in [0.05, 0.1) is 18.1 Å². The van der Waals surface area contributed by atoms with Crippen molar-refractivity contribution in [2.24, 2.45) is 10.9 Å². The zero-order valence-electron chi connectivity index (χ0n) is 13.9. The third-order valence-corrected chi connectivity index (χ3v) is 4.21.